The lowest BCUT2D eigenvalue weighted by Crippen LogP contribution is -2.36. The average molecular weight is 347 g/mol. The van der Waals surface area contributed by atoms with Gasteiger partial charge in [0.25, 0.3) is 0 Å². The summed E-state index contributed by atoms with van der Waals surface area (Å²) in [6, 6.07) is 3.56. The Balaban J connectivity index is 2.19. The van der Waals surface area contributed by atoms with E-state index in [2.05, 4.69) is 6.58 Å². The van der Waals surface area contributed by atoms with E-state index >= 15 is 0 Å². The summed E-state index contributed by atoms with van der Waals surface area (Å²) >= 11 is 0. The number of halogens is 3. The maximum atomic E-state index is 12.7. The zero-order valence-corrected chi connectivity index (χ0v) is 13.8. The number of aryl methyl sites for hydroxylation is 1. The fraction of sp³-hybridized carbons (Fsp3) is 0.500. The largest absolute Gasteiger partial charge is 0.416 e. The highest BCUT2D eigenvalue weighted by molar-refractivity contribution is 7.91. The number of hydrogen-bond acceptors (Lipinski definition) is 3. The lowest BCUT2D eigenvalue weighted by atomic mass is 10.0. The zero-order chi connectivity index (χ0) is 17.3. The predicted octanol–water partition coefficient (Wildman–Crippen LogP) is 3.19. The van der Waals surface area contributed by atoms with E-state index in [-0.39, 0.29) is 17.5 Å². The fourth-order valence-electron chi connectivity index (χ4n) is 2.84. The molecule has 0 bridgehead atoms. The Kier molecular flexibility index (Phi) is 5.20. The van der Waals surface area contributed by atoms with Crippen LogP contribution in [0.15, 0.2) is 30.9 Å². The van der Waals surface area contributed by atoms with Crippen LogP contribution in [-0.4, -0.2) is 37.4 Å². The first kappa shape index (κ1) is 18.0. The molecule has 0 unspecified atom stereocenters. The van der Waals surface area contributed by atoms with Gasteiger partial charge in [-0.25, -0.2) is 8.42 Å². The quantitative estimate of drug-likeness (QED) is 0.768. The molecule has 0 aromatic heterocycles. The van der Waals surface area contributed by atoms with E-state index in [0.29, 0.717) is 25.1 Å². The van der Waals surface area contributed by atoms with Crippen molar-refractivity contribution in [2.45, 2.75) is 32.1 Å². The van der Waals surface area contributed by atoms with Gasteiger partial charge in [0.1, 0.15) is 0 Å². The molecule has 3 nitrogen and oxygen atoms in total. The first-order valence-corrected chi connectivity index (χ1v) is 9.16. The van der Waals surface area contributed by atoms with Crippen LogP contribution in [0.1, 0.15) is 23.1 Å². The Labute approximate surface area is 134 Å². The van der Waals surface area contributed by atoms with Gasteiger partial charge in [-0.1, -0.05) is 12.1 Å². The van der Waals surface area contributed by atoms with Gasteiger partial charge < -0.3 is 0 Å². The van der Waals surface area contributed by atoms with Gasteiger partial charge in [-0.2, -0.15) is 13.2 Å². The third-order valence-electron chi connectivity index (χ3n) is 4.13. The number of benzene rings is 1. The molecule has 7 heteroatoms. The molecule has 1 atom stereocenters. The molecule has 0 radical (unpaired) electrons. The van der Waals surface area contributed by atoms with Gasteiger partial charge in [0.05, 0.1) is 17.1 Å². The van der Waals surface area contributed by atoms with Gasteiger partial charge in [-0.3, -0.25) is 4.90 Å². The van der Waals surface area contributed by atoms with Crippen molar-refractivity contribution in [3.05, 3.63) is 47.5 Å². The Morgan fingerprint density at radius 2 is 2.09 bits per heavy atom. The fourth-order valence-corrected chi connectivity index (χ4v) is 4.60. The minimum atomic E-state index is -4.36. The monoisotopic (exact) mass is 347 g/mol. The van der Waals surface area contributed by atoms with Crippen molar-refractivity contribution < 1.29 is 21.6 Å². The molecule has 2 rings (SSSR count). The molecule has 1 heterocycles. The molecule has 1 aliphatic heterocycles. The summed E-state index contributed by atoms with van der Waals surface area (Å²) in [5, 5.41) is 0. The van der Waals surface area contributed by atoms with E-state index in [1.807, 2.05) is 4.90 Å². The molecule has 23 heavy (non-hydrogen) atoms. The van der Waals surface area contributed by atoms with Crippen LogP contribution in [0, 0.1) is 6.92 Å². The van der Waals surface area contributed by atoms with Gasteiger partial charge in [-0.05, 0) is 36.6 Å². The average Bonchev–Trinajstić information content (AvgIpc) is 2.79. The van der Waals surface area contributed by atoms with Crippen LogP contribution in [0.3, 0.4) is 0 Å². The second-order valence-corrected chi connectivity index (χ2v) is 8.14. The minimum absolute atomic E-state index is 0.0977. The molecule has 128 valence electrons. The van der Waals surface area contributed by atoms with Gasteiger partial charge in [0.2, 0.25) is 0 Å². The van der Waals surface area contributed by atoms with Gasteiger partial charge in [-0.15, -0.1) is 6.58 Å². The number of alkyl halides is 3. The summed E-state index contributed by atoms with van der Waals surface area (Å²) in [5.74, 6) is 0.262. The predicted molar refractivity (Wildman–Crippen MR) is 83.8 cm³/mol. The van der Waals surface area contributed by atoms with E-state index in [1.165, 1.54) is 6.07 Å². The molecular weight excluding hydrogens is 327 g/mol. The highest BCUT2D eigenvalue weighted by atomic mass is 32.2. The van der Waals surface area contributed by atoms with Crippen LogP contribution in [0.5, 0.6) is 0 Å². The SMILES string of the molecule is C=CCN(Cc1ccc(C(F)(F)F)cc1C)[C@@H]1CCS(=O)(=O)C1. The Morgan fingerprint density at radius 3 is 2.57 bits per heavy atom. The molecule has 1 aromatic rings. The number of sulfone groups is 1. The molecule has 0 saturated carbocycles. The maximum absolute atomic E-state index is 12.7. The zero-order valence-electron chi connectivity index (χ0n) is 12.9. The van der Waals surface area contributed by atoms with Crippen molar-refractivity contribution >= 4 is 9.84 Å². The summed E-state index contributed by atoms with van der Waals surface area (Å²) in [6.07, 6.45) is -2.12. The third-order valence-corrected chi connectivity index (χ3v) is 5.88. The topological polar surface area (TPSA) is 37.4 Å². The van der Waals surface area contributed by atoms with E-state index in [9.17, 15) is 21.6 Å². The molecule has 0 N–H and O–H groups in total. The van der Waals surface area contributed by atoms with Crippen molar-refractivity contribution in [2.75, 3.05) is 18.1 Å². The molecule has 1 saturated heterocycles. The molecule has 1 aliphatic rings. The molecule has 1 fully saturated rings. The summed E-state index contributed by atoms with van der Waals surface area (Å²) in [6.45, 7) is 6.23. The summed E-state index contributed by atoms with van der Waals surface area (Å²) in [7, 11) is -3.01. The maximum Gasteiger partial charge on any atom is 0.416 e. The highest BCUT2D eigenvalue weighted by Gasteiger charge is 2.33. The molecule has 0 aliphatic carbocycles. The Morgan fingerprint density at radius 1 is 1.39 bits per heavy atom. The highest BCUT2D eigenvalue weighted by Crippen LogP contribution is 2.31. The number of nitrogens with zero attached hydrogens (tertiary/aromatic N) is 1. The van der Waals surface area contributed by atoms with Crippen LogP contribution in [-0.2, 0) is 22.6 Å². The smallest absolute Gasteiger partial charge is 0.291 e. The van der Waals surface area contributed by atoms with Crippen molar-refractivity contribution in [2.24, 2.45) is 0 Å². The van der Waals surface area contributed by atoms with E-state index < -0.39 is 21.6 Å². The van der Waals surface area contributed by atoms with Crippen molar-refractivity contribution in [1.82, 2.24) is 4.90 Å². The lowest BCUT2D eigenvalue weighted by molar-refractivity contribution is -0.137. The van der Waals surface area contributed by atoms with Crippen LogP contribution < -0.4 is 0 Å². The van der Waals surface area contributed by atoms with Gasteiger partial charge in [0.15, 0.2) is 9.84 Å². The number of rotatable bonds is 5. The van der Waals surface area contributed by atoms with Crippen molar-refractivity contribution in [3.63, 3.8) is 0 Å². The van der Waals surface area contributed by atoms with E-state index in [4.69, 9.17) is 0 Å². The molecule has 1 aromatic carbocycles. The lowest BCUT2D eigenvalue weighted by Gasteiger charge is -2.27. The summed E-state index contributed by atoms with van der Waals surface area (Å²) in [5.41, 5.74) is 0.649. The summed E-state index contributed by atoms with van der Waals surface area (Å²) in [4.78, 5) is 1.97. The molecule has 0 amide bonds. The second-order valence-electron chi connectivity index (χ2n) is 5.91. The van der Waals surface area contributed by atoms with Crippen LogP contribution in [0.25, 0.3) is 0 Å². The Bertz CT molecular complexity index is 683. The van der Waals surface area contributed by atoms with Crippen LogP contribution >= 0.6 is 0 Å². The molecule has 0 spiro atoms. The van der Waals surface area contributed by atoms with E-state index in [1.54, 1.807) is 13.0 Å². The van der Waals surface area contributed by atoms with Crippen molar-refractivity contribution in [1.29, 1.82) is 0 Å². The molecular formula is C16H20F3NO2S. The first-order valence-electron chi connectivity index (χ1n) is 7.34. The van der Waals surface area contributed by atoms with Crippen LogP contribution in [0.2, 0.25) is 0 Å². The summed E-state index contributed by atoms with van der Waals surface area (Å²) < 4.78 is 61.5. The standard InChI is InChI=1S/C16H20F3NO2S/c1-3-7-20(15-6-8-23(21,22)11-15)10-13-4-5-14(9-12(13)2)16(17,18)19/h3-5,9,15H,1,6-8,10-11H2,2H3/t15-/m1/s1. The van der Waals surface area contributed by atoms with E-state index in [0.717, 1.165) is 17.7 Å². The van der Waals surface area contributed by atoms with Gasteiger partial charge in [0, 0.05) is 19.1 Å². The van der Waals surface area contributed by atoms with Gasteiger partial charge >= 0.3 is 6.18 Å². The Hall–Kier alpha value is -1.34. The third kappa shape index (κ3) is 4.57. The number of hydrogen-bond donors (Lipinski definition) is 0. The van der Waals surface area contributed by atoms with Crippen molar-refractivity contribution in [3.8, 4) is 0 Å². The second kappa shape index (κ2) is 6.65. The minimum Gasteiger partial charge on any atom is -0.291 e. The van der Waals surface area contributed by atoms with Crippen LogP contribution in [0.4, 0.5) is 13.2 Å². The normalized spacial score (nSPS) is 20.8. The first-order chi connectivity index (χ1) is 10.6.